The van der Waals surface area contributed by atoms with E-state index in [0.29, 0.717) is 12.3 Å². The molecule has 3 rings (SSSR count). The SMILES string of the molecule is CCCCCc1ccc(-c2ccc(C3CCC(OC)C(=O)C3)cc2)cc1. The highest BCUT2D eigenvalue weighted by Gasteiger charge is 2.29. The van der Waals surface area contributed by atoms with Crippen molar-refractivity contribution >= 4 is 5.78 Å². The van der Waals surface area contributed by atoms with Gasteiger partial charge in [0.2, 0.25) is 0 Å². The van der Waals surface area contributed by atoms with E-state index in [2.05, 4.69) is 55.5 Å². The summed E-state index contributed by atoms with van der Waals surface area (Å²) in [4.78, 5) is 12.1. The molecule has 1 aliphatic carbocycles. The molecular formula is C24H30O2. The van der Waals surface area contributed by atoms with E-state index in [-0.39, 0.29) is 11.9 Å². The largest absolute Gasteiger partial charge is 0.374 e. The van der Waals surface area contributed by atoms with Gasteiger partial charge in [0.05, 0.1) is 0 Å². The second-order valence-electron chi connectivity index (χ2n) is 7.45. The Morgan fingerprint density at radius 1 is 0.923 bits per heavy atom. The van der Waals surface area contributed by atoms with Crippen LogP contribution in [-0.4, -0.2) is 19.0 Å². The molecule has 1 aliphatic rings. The number of methoxy groups -OCH3 is 1. The number of benzene rings is 2. The fourth-order valence-corrected chi connectivity index (χ4v) is 3.91. The molecule has 0 radical (unpaired) electrons. The minimum Gasteiger partial charge on any atom is -0.374 e. The van der Waals surface area contributed by atoms with Gasteiger partial charge in [-0.05, 0) is 53.9 Å². The van der Waals surface area contributed by atoms with Crippen LogP contribution in [0.4, 0.5) is 0 Å². The van der Waals surface area contributed by atoms with Gasteiger partial charge in [-0.25, -0.2) is 0 Å². The van der Waals surface area contributed by atoms with E-state index in [4.69, 9.17) is 4.74 Å². The molecule has 2 unspecified atom stereocenters. The summed E-state index contributed by atoms with van der Waals surface area (Å²) in [6.07, 6.45) is 7.28. The number of unbranched alkanes of at least 4 members (excludes halogenated alkanes) is 2. The molecule has 138 valence electrons. The quantitative estimate of drug-likeness (QED) is 0.578. The van der Waals surface area contributed by atoms with Gasteiger partial charge in [-0.2, -0.15) is 0 Å². The number of aryl methyl sites for hydroxylation is 1. The van der Waals surface area contributed by atoms with Crippen molar-refractivity contribution in [3.63, 3.8) is 0 Å². The third-order valence-electron chi connectivity index (χ3n) is 5.61. The normalized spacial score (nSPS) is 20.3. The van der Waals surface area contributed by atoms with Crippen LogP contribution in [0.25, 0.3) is 11.1 Å². The second-order valence-corrected chi connectivity index (χ2v) is 7.45. The summed E-state index contributed by atoms with van der Waals surface area (Å²) in [5, 5.41) is 0. The topological polar surface area (TPSA) is 26.3 Å². The zero-order chi connectivity index (χ0) is 18.4. The molecule has 0 aromatic heterocycles. The Balaban J connectivity index is 1.63. The van der Waals surface area contributed by atoms with E-state index in [9.17, 15) is 4.79 Å². The van der Waals surface area contributed by atoms with E-state index >= 15 is 0 Å². The first-order valence-electron chi connectivity index (χ1n) is 9.96. The van der Waals surface area contributed by atoms with Gasteiger partial charge in [0.15, 0.2) is 5.78 Å². The van der Waals surface area contributed by atoms with Crippen molar-refractivity contribution in [3.05, 3.63) is 59.7 Å². The van der Waals surface area contributed by atoms with Crippen molar-refractivity contribution < 1.29 is 9.53 Å². The Morgan fingerprint density at radius 2 is 1.58 bits per heavy atom. The molecule has 0 amide bonds. The summed E-state index contributed by atoms with van der Waals surface area (Å²) in [6, 6.07) is 17.7. The predicted molar refractivity (Wildman–Crippen MR) is 108 cm³/mol. The third kappa shape index (κ3) is 4.62. The van der Waals surface area contributed by atoms with Crippen molar-refractivity contribution in [1.82, 2.24) is 0 Å². The van der Waals surface area contributed by atoms with Gasteiger partial charge < -0.3 is 4.74 Å². The molecule has 2 atom stereocenters. The van der Waals surface area contributed by atoms with Crippen LogP contribution in [0.5, 0.6) is 0 Å². The van der Waals surface area contributed by atoms with Gasteiger partial charge in [0.25, 0.3) is 0 Å². The minimum absolute atomic E-state index is 0.193. The van der Waals surface area contributed by atoms with E-state index in [1.807, 2.05) is 0 Å². The smallest absolute Gasteiger partial charge is 0.162 e. The van der Waals surface area contributed by atoms with Crippen LogP contribution >= 0.6 is 0 Å². The summed E-state index contributed by atoms with van der Waals surface area (Å²) in [7, 11) is 1.63. The molecule has 0 saturated heterocycles. The van der Waals surface area contributed by atoms with Crippen molar-refractivity contribution in [2.45, 2.75) is 63.9 Å². The molecule has 2 aromatic carbocycles. The summed E-state index contributed by atoms with van der Waals surface area (Å²) >= 11 is 0. The Labute approximate surface area is 157 Å². The van der Waals surface area contributed by atoms with Gasteiger partial charge in [0, 0.05) is 13.5 Å². The van der Waals surface area contributed by atoms with Crippen LogP contribution < -0.4 is 0 Å². The van der Waals surface area contributed by atoms with E-state index < -0.39 is 0 Å². The third-order valence-corrected chi connectivity index (χ3v) is 5.61. The zero-order valence-electron chi connectivity index (χ0n) is 16.0. The van der Waals surface area contributed by atoms with Gasteiger partial charge >= 0.3 is 0 Å². The van der Waals surface area contributed by atoms with Crippen LogP contribution in [0.3, 0.4) is 0 Å². The molecule has 0 spiro atoms. The van der Waals surface area contributed by atoms with Gasteiger partial charge in [-0.15, -0.1) is 0 Å². The van der Waals surface area contributed by atoms with E-state index in [1.165, 1.54) is 47.9 Å². The van der Waals surface area contributed by atoms with Crippen molar-refractivity contribution in [2.24, 2.45) is 0 Å². The number of hydrogen-bond donors (Lipinski definition) is 0. The second kappa shape index (κ2) is 9.14. The van der Waals surface area contributed by atoms with Crippen molar-refractivity contribution in [2.75, 3.05) is 7.11 Å². The average Bonchev–Trinajstić information content (AvgIpc) is 2.69. The summed E-state index contributed by atoms with van der Waals surface area (Å²) in [5.74, 6) is 0.579. The number of carbonyl (C=O) groups excluding carboxylic acids is 1. The lowest BCUT2D eigenvalue weighted by Gasteiger charge is -2.26. The first-order chi connectivity index (χ1) is 12.7. The highest BCUT2D eigenvalue weighted by Crippen LogP contribution is 2.33. The van der Waals surface area contributed by atoms with Crippen LogP contribution in [0.2, 0.25) is 0 Å². The average molecular weight is 351 g/mol. The van der Waals surface area contributed by atoms with E-state index in [1.54, 1.807) is 7.11 Å². The predicted octanol–water partition coefficient (Wildman–Crippen LogP) is 5.94. The molecule has 1 saturated carbocycles. The fourth-order valence-electron chi connectivity index (χ4n) is 3.91. The van der Waals surface area contributed by atoms with Crippen molar-refractivity contribution in [1.29, 1.82) is 0 Å². The molecule has 0 bridgehead atoms. The Kier molecular flexibility index (Phi) is 6.62. The lowest BCUT2D eigenvalue weighted by Crippen LogP contribution is -2.29. The number of ether oxygens (including phenoxy) is 1. The Bertz CT molecular complexity index is 700. The zero-order valence-corrected chi connectivity index (χ0v) is 16.0. The Morgan fingerprint density at radius 3 is 2.15 bits per heavy atom. The lowest BCUT2D eigenvalue weighted by molar-refractivity contribution is -0.131. The van der Waals surface area contributed by atoms with Crippen LogP contribution in [-0.2, 0) is 16.0 Å². The summed E-state index contributed by atoms with van der Waals surface area (Å²) in [6.45, 7) is 2.24. The molecule has 0 N–H and O–H groups in total. The minimum atomic E-state index is -0.193. The Hall–Kier alpha value is -1.93. The first kappa shape index (κ1) is 18.8. The number of hydrogen-bond acceptors (Lipinski definition) is 2. The highest BCUT2D eigenvalue weighted by molar-refractivity contribution is 5.84. The van der Waals surface area contributed by atoms with Crippen LogP contribution in [0.1, 0.15) is 62.5 Å². The van der Waals surface area contributed by atoms with Crippen LogP contribution in [0, 0.1) is 0 Å². The van der Waals surface area contributed by atoms with Crippen molar-refractivity contribution in [3.8, 4) is 11.1 Å². The molecular weight excluding hydrogens is 320 g/mol. The maximum Gasteiger partial charge on any atom is 0.162 e. The number of carbonyl (C=O) groups is 1. The van der Waals surface area contributed by atoms with Gasteiger partial charge in [-0.3, -0.25) is 4.79 Å². The molecule has 2 nitrogen and oxygen atoms in total. The molecule has 2 heteroatoms. The fraction of sp³-hybridized carbons (Fsp3) is 0.458. The standard InChI is InChI=1S/C24H30O2/c1-3-4-5-6-18-7-9-19(10-8-18)20-11-13-21(14-12-20)22-15-16-24(26-2)23(25)17-22/h7-14,22,24H,3-6,15-17H2,1-2H3. The summed E-state index contributed by atoms with van der Waals surface area (Å²) < 4.78 is 5.26. The lowest BCUT2D eigenvalue weighted by atomic mass is 9.81. The monoisotopic (exact) mass is 350 g/mol. The van der Waals surface area contributed by atoms with E-state index in [0.717, 1.165) is 12.8 Å². The maximum absolute atomic E-state index is 12.1. The number of rotatable bonds is 7. The molecule has 2 aromatic rings. The van der Waals surface area contributed by atoms with Gasteiger partial charge in [0.1, 0.15) is 6.10 Å². The van der Waals surface area contributed by atoms with Gasteiger partial charge in [-0.1, -0.05) is 68.3 Å². The first-order valence-corrected chi connectivity index (χ1v) is 9.96. The number of ketones is 1. The van der Waals surface area contributed by atoms with Crippen LogP contribution in [0.15, 0.2) is 48.5 Å². The molecule has 1 fully saturated rings. The number of Topliss-reactive ketones (excluding diaryl/α,β-unsaturated/α-hetero) is 1. The molecule has 26 heavy (non-hydrogen) atoms. The highest BCUT2D eigenvalue weighted by atomic mass is 16.5. The molecule has 0 aliphatic heterocycles. The molecule has 0 heterocycles. The summed E-state index contributed by atoms with van der Waals surface area (Å²) in [5.41, 5.74) is 5.20. The maximum atomic E-state index is 12.1.